The standard InChI is InChI=1S/C17H25ClN2O2/c1-3-10-22-13-16(21)12-19-6-8-20(9-7-19)17-11-15(18)5-4-14(17)2/h3-5,11,16,21H,1,6-10,12-13H2,2H3/t16-/m1/s1. The molecule has 5 heteroatoms. The second-order valence-corrected chi connectivity index (χ2v) is 6.13. The summed E-state index contributed by atoms with van der Waals surface area (Å²) in [5.74, 6) is 0. The molecule has 1 aliphatic heterocycles. The second-order valence-electron chi connectivity index (χ2n) is 5.70. The number of hydrogen-bond acceptors (Lipinski definition) is 4. The lowest BCUT2D eigenvalue weighted by Crippen LogP contribution is -2.49. The minimum absolute atomic E-state index is 0.361. The van der Waals surface area contributed by atoms with Gasteiger partial charge in [-0.05, 0) is 24.6 Å². The summed E-state index contributed by atoms with van der Waals surface area (Å²) in [6.07, 6.45) is 1.25. The number of anilines is 1. The molecule has 1 saturated heterocycles. The normalized spacial score (nSPS) is 17.5. The van der Waals surface area contributed by atoms with Gasteiger partial charge in [0, 0.05) is 43.4 Å². The van der Waals surface area contributed by atoms with Gasteiger partial charge in [0.15, 0.2) is 0 Å². The van der Waals surface area contributed by atoms with Crippen LogP contribution in [0.5, 0.6) is 0 Å². The number of aliphatic hydroxyl groups excluding tert-OH is 1. The Kier molecular flexibility index (Phi) is 6.70. The largest absolute Gasteiger partial charge is 0.389 e. The van der Waals surface area contributed by atoms with Crippen LogP contribution < -0.4 is 4.90 Å². The smallest absolute Gasteiger partial charge is 0.0900 e. The molecule has 1 N–H and O–H groups in total. The molecule has 0 bridgehead atoms. The number of halogens is 1. The van der Waals surface area contributed by atoms with Crippen molar-refractivity contribution in [2.45, 2.75) is 13.0 Å². The van der Waals surface area contributed by atoms with Gasteiger partial charge in [0.1, 0.15) is 0 Å². The fourth-order valence-electron chi connectivity index (χ4n) is 2.73. The van der Waals surface area contributed by atoms with Crippen molar-refractivity contribution < 1.29 is 9.84 Å². The van der Waals surface area contributed by atoms with E-state index >= 15 is 0 Å². The maximum absolute atomic E-state index is 9.96. The van der Waals surface area contributed by atoms with Crippen LogP contribution in [0.25, 0.3) is 0 Å². The van der Waals surface area contributed by atoms with Crippen molar-refractivity contribution in [3.63, 3.8) is 0 Å². The first-order valence-electron chi connectivity index (χ1n) is 7.70. The molecule has 4 nitrogen and oxygen atoms in total. The van der Waals surface area contributed by atoms with E-state index in [9.17, 15) is 5.11 Å². The van der Waals surface area contributed by atoms with E-state index in [0.717, 1.165) is 31.2 Å². The number of nitrogens with zero attached hydrogens (tertiary/aromatic N) is 2. The van der Waals surface area contributed by atoms with E-state index in [4.69, 9.17) is 16.3 Å². The molecule has 0 amide bonds. The summed E-state index contributed by atoms with van der Waals surface area (Å²) in [5.41, 5.74) is 2.46. The Labute approximate surface area is 137 Å². The fourth-order valence-corrected chi connectivity index (χ4v) is 2.90. The first kappa shape index (κ1) is 17.3. The van der Waals surface area contributed by atoms with E-state index in [2.05, 4.69) is 29.4 Å². The lowest BCUT2D eigenvalue weighted by atomic mass is 10.1. The van der Waals surface area contributed by atoms with Crippen molar-refractivity contribution in [2.24, 2.45) is 0 Å². The number of ether oxygens (including phenoxy) is 1. The van der Waals surface area contributed by atoms with Gasteiger partial charge in [-0.3, -0.25) is 4.90 Å². The van der Waals surface area contributed by atoms with Gasteiger partial charge in [0.2, 0.25) is 0 Å². The molecule has 0 radical (unpaired) electrons. The highest BCUT2D eigenvalue weighted by Crippen LogP contribution is 2.25. The van der Waals surface area contributed by atoms with E-state index in [1.165, 1.54) is 11.3 Å². The lowest BCUT2D eigenvalue weighted by Gasteiger charge is -2.37. The maximum Gasteiger partial charge on any atom is 0.0900 e. The summed E-state index contributed by atoms with van der Waals surface area (Å²) in [7, 11) is 0. The van der Waals surface area contributed by atoms with Crippen molar-refractivity contribution in [1.82, 2.24) is 4.90 Å². The van der Waals surface area contributed by atoms with Crippen LogP contribution in [0.15, 0.2) is 30.9 Å². The van der Waals surface area contributed by atoms with Crippen molar-refractivity contribution in [1.29, 1.82) is 0 Å². The molecule has 2 rings (SSSR count). The van der Waals surface area contributed by atoms with Crippen molar-refractivity contribution >= 4 is 17.3 Å². The van der Waals surface area contributed by atoms with E-state index in [1.54, 1.807) is 6.08 Å². The Morgan fingerprint density at radius 1 is 1.36 bits per heavy atom. The van der Waals surface area contributed by atoms with Crippen LogP contribution in [0.3, 0.4) is 0 Å². The third-order valence-electron chi connectivity index (χ3n) is 3.90. The molecule has 1 heterocycles. The van der Waals surface area contributed by atoms with Crippen LogP contribution >= 0.6 is 11.6 Å². The molecule has 0 aliphatic carbocycles. The molecule has 122 valence electrons. The topological polar surface area (TPSA) is 35.9 Å². The third kappa shape index (κ3) is 4.99. The van der Waals surface area contributed by atoms with Gasteiger partial charge in [-0.1, -0.05) is 23.7 Å². The maximum atomic E-state index is 9.96. The Hall–Kier alpha value is -1.07. The predicted octanol–water partition coefficient (Wildman–Crippen LogP) is 2.33. The SMILES string of the molecule is C=CCOC[C@H](O)CN1CCN(c2cc(Cl)ccc2C)CC1. The molecule has 0 saturated carbocycles. The van der Waals surface area contributed by atoms with E-state index in [0.29, 0.717) is 19.8 Å². The molecule has 1 aliphatic rings. The van der Waals surface area contributed by atoms with Gasteiger partial charge >= 0.3 is 0 Å². The molecule has 0 spiro atoms. The molecule has 1 aromatic rings. The van der Waals surface area contributed by atoms with Crippen molar-refractivity contribution in [3.05, 3.63) is 41.4 Å². The summed E-state index contributed by atoms with van der Waals surface area (Å²) < 4.78 is 5.29. The zero-order valence-corrected chi connectivity index (χ0v) is 13.9. The van der Waals surface area contributed by atoms with Crippen molar-refractivity contribution in [2.75, 3.05) is 50.8 Å². The molecular weight excluding hydrogens is 300 g/mol. The van der Waals surface area contributed by atoms with Gasteiger partial charge in [0.25, 0.3) is 0 Å². The van der Waals surface area contributed by atoms with Crippen LogP contribution in [0.2, 0.25) is 5.02 Å². The molecule has 1 aromatic carbocycles. The average molecular weight is 325 g/mol. The number of hydrogen-bond donors (Lipinski definition) is 1. The minimum Gasteiger partial charge on any atom is -0.389 e. The molecular formula is C17H25ClN2O2. The summed E-state index contributed by atoms with van der Waals surface area (Å²) in [5, 5.41) is 10.7. The molecule has 1 atom stereocenters. The van der Waals surface area contributed by atoms with Gasteiger partial charge in [-0.2, -0.15) is 0 Å². The van der Waals surface area contributed by atoms with E-state index in [-0.39, 0.29) is 0 Å². The first-order chi connectivity index (χ1) is 10.6. The average Bonchev–Trinajstić information content (AvgIpc) is 2.51. The third-order valence-corrected chi connectivity index (χ3v) is 4.13. The van der Waals surface area contributed by atoms with Gasteiger partial charge in [-0.25, -0.2) is 0 Å². The van der Waals surface area contributed by atoms with Crippen molar-refractivity contribution in [3.8, 4) is 0 Å². The van der Waals surface area contributed by atoms with Crippen LogP contribution in [0.4, 0.5) is 5.69 Å². The van der Waals surface area contributed by atoms with Crippen LogP contribution in [-0.2, 0) is 4.74 Å². The Balaban J connectivity index is 1.80. The van der Waals surface area contributed by atoms with Gasteiger partial charge in [0.05, 0.1) is 19.3 Å². The summed E-state index contributed by atoms with van der Waals surface area (Å²) >= 11 is 6.10. The molecule has 22 heavy (non-hydrogen) atoms. The second kappa shape index (κ2) is 8.53. The first-order valence-corrected chi connectivity index (χ1v) is 8.08. The summed E-state index contributed by atoms with van der Waals surface area (Å²) in [6, 6.07) is 6.02. The van der Waals surface area contributed by atoms with Gasteiger partial charge in [-0.15, -0.1) is 6.58 Å². The Morgan fingerprint density at radius 2 is 2.09 bits per heavy atom. The summed E-state index contributed by atoms with van der Waals surface area (Å²) in [4.78, 5) is 4.64. The predicted molar refractivity (Wildman–Crippen MR) is 91.9 cm³/mol. The lowest BCUT2D eigenvalue weighted by molar-refractivity contribution is 0.0252. The number of aliphatic hydroxyl groups is 1. The number of benzene rings is 1. The summed E-state index contributed by atoms with van der Waals surface area (Å²) in [6.45, 7) is 11.0. The fraction of sp³-hybridized carbons (Fsp3) is 0.529. The molecule has 0 unspecified atom stereocenters. The highest BCUT2D eigenvalue weighted by molar-refractivity contribution is 6.30. The Bertz CT molecular complexity index is 488. The highest BCUT2D eigenvalue weighted by atomic mass is 35.5. The number of rotatable bonds is 7. The molecule has 0 aromatic heterocycles. The number of piperazine rings is 1. The zero-order valence-electron chi connectivity index (χ0n) is 13.2. The Morgan fingerprint density at radius 3 is 2.77 bits per heavy atom. The zero-order chi connectivity index (χ0) is 15.9. The van der Waals surface area contributed by atoms with Gasteiger partial charge < -0.3 is 14.7 Å². The molecule has 1 fully saturated rings. The quantitative estimate of drug-likeness (QED) is 0.617. The number of β-amino-alcohol motifs (C(OH)–C–C–N with tert-alkyl or cyclic N) is 1. The number of aryl methyl sites for hydroxylation is 1. The van der Waals surface area contributed by atoms with Crippen LogP contribution in [0.1, 0.15) is 5.56 Å². The highest BCUT2D eigenvalue weighted by Gasteiger charge is 2.20. The van der Waals surface area contributed by atoms with Crippen LogP contribution in [0, 0.1) is 6.92 Å². The monoisotopic (exact) mass is 324 g/mol. The van der Waals surface area contributed by atoms with E-state index < -0.39 is 6.10 Å². The van der Waals surface area contributed by atoms with Crippen LogP contribution in [-0.4, -0.2) is 62.0 Å². The van der Waals surface area contributed by atoms with E-state index in [1.807, 2.05) is 12.1 Å². The minimum atomic E-state index is -0.445.